The molecule has 0 heterocycles. The summed E-state index contributed by atoms with van der Waals surface area (Å²) in [5.41, 5.74) is 3.40. The molecule has 0 aliphatic heterocycles. The first-order valence-electron chi connectivity index (χ1n) is 5.90. The first kappa shape index (κ1) is 16.9. The average Bonchev–Trinajstić information content (AvgIpc) is 2.48. The van der Waals surface area contributed by atoms with Crippen molar-refractivity contribution in [1.29, 1.82) is 0 Å². The molecular weight excluding hydrogens is 301 g/mol. The highest BCUT2D eigenvalue weighted by Crippen LogP contribution is 2.37. The third-order valence-electron chi connectivity index (χ3n) is 2.78. The van der Waals surface area contributed by atoms with Gasteiger partial charge in [0.15, 0.2) is 0 Å². The molecule has 20 heavy (non-hydrogen) atoms. The number of nitrogens with one attached hydrogen (secondary N) is 1. The Labute approximate surface area is 124 Å². The van der Waals surface area contributed by atoms with E-state index in [1.54, 1.807) is 24.3 Å². The molecule has 0 saturated heterocycles. The van der Waals surface area contributed by atoms with Crippen molar-refractivity contribution < 1.29 is 14.1 Å². The summed E-state index contributed by atoms with van der Waals surface area (Å²) in [4.78, 5) is 13.9. The number of hydrogen-bond donors (Lipinski definition) is 2. The number of anilines is 1. The molecule has 0 bridgehead atoms. The molecule has 0 fully saturated rings. The molecule has 0 aliphatic carbocycles. The number of ether oxygens (including phenoxy) is 1. The van der Waals surface area contributed by atoms with Crippen LogP contribution in [0.25, 0.3) is 0 Å². The quantitative estimate of drug-likeness (QED) is 0.259. The molecule has 1 aromatic rings. The van der Waals surface area contributed by atoms with E-state index in [2.05, 4.69) is 0 Å². The van der Waals surface area contributed by atoms with Gasteiger partial charge in [-0.25, -0.2) is 5.84 Å². The van der Waals surface area contributed by atoms with Crippen molar-refractivity contribution in [2.45, 2.75) is 5.34 Å². The van der Waals surface area contributed by atoms with E-state index in [0.29, 0.717) is 5.56 Å². The van der Waals surface area contributed by atoms with Crippen molar-refractivity contribution in [2.75, 3.05) is 31.5 Å². The number of benzene rings is 1. The van der Waals surface area contributed by atoms with Gasteiger partial charge in [0.25, 0.3) is 0 Å². The fourth-order valence-corrected chi connectivity index (χ4v) is 2.39. The molecular formula is C12H18ClN3O3P+. The molecule has 2 unspecified atom stereocenters. The predicted octanol–water partition coefficient (Wildman–Crippen LogP) is 1.17. The van der Waals surface area contributed by atoms with E-state index in [0.717, 1.165) is 5.69 Å². The molecule has 0 saturated carbocycles. The van der Waals surface area contributed by atoms with Crippen molar-refractivity contribution in [3.63, 3.8) is 0 Å². The summed E-state index contributed by atoms with van der Waals surface area (Å²) in [5, 5.41) is -1.63. The monoisotopic (exact) mass is 318 g/mol. The third kappa shape index (κ3) is 3.46. The Bertz CT molecular complexity index is 470. The van der Waals surface area contributed by atoms with Gasteiger partial charge in [0.05, 0.1) is 6.61 Å². The fourth-order valence-electron chi connectivity index (χ4n) is 1.70. The number of rotatable bonds is 7. The van der Waals surface area contributed by atoms with E-state index in [4.69, 9.17) is 22.2 Å². The van der Waals surface area contributed by atoms with Crippen LogP contribution in [0.1, 0.15) is 5.56 Å². The van der Waals surface area contributed by atoms with Crippen LogP contribution in [0.3, 0.4) is 0 Å². The Hall–Kier alpha value is -1.20. The molecule has 1 aromatic carbocycles. The van der Waals surface area contributed by atoms with Crippen molar-refractivity contribution >= 4 is 31.7 Å². The number of carbonyl (C=O) groups is 1. The number of amides is 1. The van der Waals surface area contributed by atoms with Gasteiger partial charge in [-0.1, -0.05) is 4.57 Å². The normalized spacial score (nSPS) is 13.8. The van der Waals surface area contributed by atoms with E-state index in [1.165, 1.54) is 0 Å². The molecule has 0 radical (unpaired) electrons. The van der Waals surface area contributed by atoms with Crippen molar-refractivity contribution in [3.8, 4) is 0 Å². The lowest BCUT2D eigenvalue weighted by Gasteiger charge is -2.20. The summed E-state index contributed by atoms with van der Waals surface area (Å²) >= 11 is 5.57. The largest absolute Gasteiger partial charge is 0.378 e. The second-order valence-electron chi connectivity index (χ2n) is 4.24. The van der Waals surface area contributed by atoms with Gasteiger partial charge in [-0.15, -0.1) is 11.6 Å². The number of carbonyl (C=O) groups excluding carboxylic acids is 1. The van der Waals surface area contributed by atoms with Crippen LogP contribution in [0.2, 0.25) is 0 Å². The summed E-state index contributed by atoms with van der Waals surface area (Å²) in [5.74, 6) is 4.67. The van der Waals surface area contributed by atoms with Gasteiger partial charge < -0.3 is 9.64 Å². The van der Waals surface area contributed by atoms with Gasteiger partial charge in [-0.05, 0) is 24.3 Å². The molecule has 0 aromatic heterocycles. The van der Waals surface area contributed by atoms with Gasteiger partial charge in [0.1, 0.15) is 0 Å². The number of nitrogens with two attached hydrogens (primary N) is 1. The highest BCUT2D eigenvalue weighted by atomic mass is 35.5. The van der Waals surface area contributed by atoms with Crippen LogP contribution in [0.4, 0.5) is 5.69 Å². The number of alkyl halides is 1. The second kappa shape index (κ2) is 7.55. The SMILES string of the molecule is CN(C)c1ccc(C(OCCCl)([PH+]=O)C(=O)NN)cc1. The number of hydrazine groups is 1. The topological polar surface area (TPSA) is 84.7 Å². The zero-order chi connectivity index (χ0) is 15.2. The number of nitrogens with zero attached hydrogens (tertiary/aromatic N) is 1. The average molecular weight is 319 g/mol. The highest BCUT2D eigenvalue weighted by Gasteiger charge is 2.50. The van der Waals surface area contributed by atoms with E-state index >= 15 is 0 Å². The van der Waals surface area contributed by atoms with E-state index in [1.807, 2.05) is 24.4 Å². The lowest BCUT2D eigenvalue weighted by molar-refractivity contribution is -0.137. The lowest BCUT2D eigenvalue weighted by Crippen LogP contribution is -2.46. The Balaban J connectivity index is 3.21. The first-order chi connectivity index (χ1) is 9.51. The van der Waals surface area contributed by atoms with Crippen LogP contribution in [0, 0.1) is 0 Å². The maximum atomic E-state index is 12.0. The molecule has 1 rings (SSSR count). The van der Waals surface area contributed by atoms with Gasteiger partial charge in [0.2, 0.25) is 0 Å². The maximum Gasteiger partial charge on any atom is 0.375 e. The van der Waals surface area contributed by atoms with Crippen LogP contribution < -0.4 is 16.2 Å². The summed E-state index contributed by atoms with van der Waals surface area (Å²) in [6, 6.07) is 6.98. The van der Waals surface area contributed by atoms with Crippen LogP contribution >= 0.6 is 20.1 Å². The minimum atomic E-state index is -1.63. The number of hydrogen-bond acceptors (Lipinski definition) is 5. The minimum absolute atomic E-state index is 0.0830. The Morgan fingerprint density at radius 2 is 2.05 bits per heavy atom. The molecule has 0 spiro atoms. The molecule has 8 heteroatoms. The standard InChI is InChI=1S/C12H17ClN3O3P/c1-16(2)10-5-3-9(4-6-10)12(20-18,11(17)15-14)19-8-7-13/h3-6H,7-8,14H2,1-2H3,(H,15,17)/p+1. The van der Waals surface area contributed by atoms with E-state index in [9.17, 15) is 9.36 Å². The van der Waals surface area contributed by atoms with Gasteiger partial charge in [-0.3, -0.25) is 10.2 Å². The highest BCUT2D eigenvalue weighted by molar-refractivity contribution is 7.27. The molecule has 6 nitrogen and oxygen atoms in total. The van der Waals surface area contributed by atoms with Crippen LogP contribution in [0.15, 0.2) is 24.3 Å². The van der Waals surface area contributed by atoms with Crippen LogP contribution in [-0.2, 0) is 19.4 Å². The summed E-state index contributed by atoms with van der Waals surface area (Å²) < 4.78 is 17.0. The number of halogens is 1. The van der Waals surface area contributed by atoms with E-state index in [-0.39, 0.29) is 12.5 Å². The van der Waals surface area contributed by atoms with Crippen LogP contribution in [-0.4, -0.2) is 32.5 Å². The molecule has 110 valence electrons. The second-order valence-corrected chi connectivity index (χ2v) is 5.52. The molecule has 1 amide bonds. The van der Waals surface area contributed by atoms with Gasteiger partial charge in [-0.2, -0.15) is 0 Å². The summed E-state index contributed by atoms with van der Waals surface area (Å²) in [6.45, 7) is 0.0830. The lowest BCUT2D eigenvalue weighted by atomic mass is 10.1. The zero-order valence-corrected chi connectivity index (χ0v) is 13.1. The molecule has 2 atom stereocenters. The summed E-state index contributed by atoms with van der Waals surface area (Å²) in [7, 11) is 2.74. The Morgan fingerprint density at radius 1 is 1.45 bits per heavy atom. The van der Waals surface area contributed by atoms with Crippen molar-refractivity contribution in [3.05, 3.63) is 29.8 Å². The smallest absolute Gasteiger partial charge is 0.375 e. The Morgan fingerprint density at radius 3 is 2.45 bits per heavy atom. The van der Waals surface area contributed by atoms with E-state index < -0.39 is 19.7 Å². The third-order valence-corrected chi connectivity index (χ3v) is 3.88. The van der Waals surface area contributed by atoms with Crippen molar-refractivity contribution in [2.24, 2.45) is 5.84 Å². The van der Waals surface area contributed by atoms with Gasteiger partial charge >= 0.3 is 19.7 Å². The summed E-state index contributed by atoms with van der Waals surface area (Å²) in [6.07, 6.45) is 0. The van der Waals surface area contributed by atoms with Crippen molar-refractivity contribution in [1.82, 2.24) is 5.43 Å². The molecule has 3 N–H and O–H groups in total. The van der Waals surface area contributed by atoms with Crippen LogP contribution in [0.5, 0.6) is 0 Å². The fraction of sp³-hybridized carbons (Fsp3) is 0.417. The maximum absolute atomic E-state index is 12.0. The van der Waals surface area contributed by atoms with Gasteiger partial charge in [0, 0.05) is 31.2 Å². The zero-order valence-electron chi connectivity index (χ0n) is 11.4. The predicted molar refractivity (Wildman–Crippen MR) is 80.5 cm³/mol. The minimum Gasteiger partial charge on any atom is -0.378 e. The Kier molecular flexibility index (Phi) is 6.36. The first-order valence-corrected chi connectivity index (χ1v) is 7.34. The molecule has 0 aliphatic rings.